The summed E-state index contributed by atoms with van der Waals surface area (Å²) in [6.07, 6.45) is 10.3. The number of fused-ring (bicyclic) bond motifs is 1. The van der Waals surface area contributed by atoms with Gasteiger partial charge in [0.25, 0.3) is 0 Å². The summed E-state index contributed by atoms with van der Waals surface area (Å²) in [5.74, 6) is 2.52. The number of nitrogens with one attached hydrogen (secondary N) is 3. The number of aromatic nitrogens is 5. The van der Waals surface area contributed by atoms with Gasteiger partial charge in [-0.3, -0.25) is 4.98 Å². The van der Waals surface area contributed by atoms with Crippen LogP contribution in [-0.2, 0) is 0 Å². The molecule has 2 fully saturated rings. The van der Waals surface area contributed by atoms with Crippen molar-refractivity contribution in [1.82, 2.24) is 30.2 Å². The second-order valence-electron chi connectivity index (χ2n) is 10.4. The van der Waals surface area contributed by atoms with Crippen LogP contribution in [0.5, 0.6) is 0 Å². The second-order valence-corrected chi connectivity index (χ2v) is 10.4. The number of hydrogen-bond acceptors (Lipinski definition) is 8. The van der Waals surface area contributed by atoms with E-state index in [-0.39, 0.29) is 17.3 Å². The molecule has 1 unspecified atom stereocenters. The van der Waals surface area contributed by atoms with E-state index in [9.17, 15) is 4.39 Å². The Labute approximate surface area is 209 Å². The van der Waals surface area contributed by atoms with Crippen LogP contribution in [0.4, 0.5) is 21.8 Å². The smallest absolute Gasteiger partial charge is 0.162 e. The van der Waals surface area contributed by atoms with Crippen molar-refractivity contribution < 1.29 is 4.39 Å². The molecule has 1 aliphatic heterocycles. The third-order valence-electron chi connectivity index (χ3n) is 7.09. The van der Waals surface area contributed by atoms with Gasteiger partial charge < -0.3 is 16.0 Å². The maximum absolute atomic E-state index is 13.6. The monoisotopic (exact) mass is 484 g/mol. The predicted molar refractivity (Wildman–Crippen MR) is 139 cm³/mol. The molecule has 184 valence electrons. The maximum atomic E-state index is 13.6. The Morgan fingerprint density at radius 3 is 2.58 bits per heavy atom. The van der Waals surface area contributed by atoms with Crippen LogP contribution in [0.1, 0.15) is 44.6 Å². The molecule has 9 heteroatoms. The van der Waals surface area contributed by atoms with Gasteiger partial charge in [0, 0.05) is 48.2 Å². The molecule has 1 saturated carbocycles. The SMILES string of the molecule is CC1(C)CNCCC1Nc1nc(-c2ccnc(Nc3cc(F)ccn3)c2)nc2cncc(C3CC3)c12. The molecule has 0 radical (unpaired) electrons. The van der Waals surface area contributed by atoms with Crippen molar-refractivity contribution in [3.05, 3.63) is 60.4 Å². The lowest BCUT2D eigenvalue weighted by Gasteiger charge is -2.40. The van der Waals surface area contributed by atoms with Gasteiger partial charge in [-0.15, -0.1) is 0 Å². The van der Waals surface area contributed by atoms with Crippen LogP contribution in [0.3, 0.4) is 0 Å². The summed E-state index contributed by atoms with van der Waals surface area (Å²) in [6, 6.07) is 6.64. The number of hydrogen-bond donors (Lipinski definition) is 3. The lowest BCUT2D eigenvalue weighted by atomic mass is 9.80. The molecule has 1 saturated heterocycles. The molecule has 2 aliphatic rings. The van der Waals surface area contributed by atoms with Crippen molar-refractivity contribution in [2.75, 3.05) is 23.7 Å². The average Bonchev–Trinajstić information content (AvgIpc) is 3.70. The fourth-order valence-electron chi connectivity index (χ4n) is 4.89. The standard InChI is InChI=1S/C27H29FN8/c1-27(2)15-29-8-7-21(27)34-26-24-19(16-3-4-16)13-30-14-20(24)33-25(36-26)17-5-9-31-22(11-17)35-23-12-18(28)6-10-32-23/h5-6,9-14,16,21,29H,3-4,7-8,15H2,1-2H3,(H,31,32,35)(H,33,34,36). The largest absolute Gasteiger partial charge is 0.366 e. The van der Waals surface area contributed by atoms with Gasteiger partial charge in [0.05, 0.1) is 11.7 Å². The van der Waals surface area contributed by atoms with Crippen molar-refractivity contribution in [1.29, 1.82) is 0 Å². The Kier molecular flexibility index (Phi) is 5.72. The molecule has 0 bridgehead atoms. The van der Waals surface area contributed by atoms with E-state index < -0.39 is 0 Å². The highest BCUT2D eigenvalue weighted by atomic mass is 19.1. The Balaban J connectivity index is 1.42. The quantitative estimate of drug-likeness (QED) is 0.350. The van der Waals surface area contributed by atoms with Crippen LogP contribution < -0.4 is 16.0 Å². The third kappa shape index (κ3) is 4.58. The van der Waals surface area contributed by atoms with Gasteiger partial charge in [-0.2, -0.15) is 0 Å². The summed E-state index contributed by atoms with van der Waals surface area (Å²) in [7, 11) is 0. The molecule has 4 aromatic heterocycles. The summed E-state index contributed by atoms with van der Waals surface area (Å²) in [5.41, 5.74) is 2.93. The van der Waals surface area contributed by atoms with Crippen molar-refractivity contribution in [3.63, 3.8) is 0 Å². The Bertz CT molecular complexity index is 1420. The van der Waals surface area contributed by atoms with Crippen LogP contribution in [0, 0.1) is 11.2 Å². The summed E-state index contributed by atoms with van der Waals surface area (Å²) in [6.45, 7) is 6.49. The van der Waals surface area contributed by atoms with Crippen molar-refractivity contribution in [2.45, 2.75) is 45.1 Å². The summed E-state index contributed by atoms with van der Waals surface area (Å²) < 4.78 is 13.6. The van der Waals surface area contributed by atoms with E-state index in [0.29, 0.717) is 23.4 Å². The van der Waals surface area contributed by atoms with Gasteiger partial charge in [-0.25, -0.2) is 24.3 Å². The maximum Gasteiger partial charge on any atom is 0.162 e. The van der Waals surface area contributed by atoms with E-state index in [2.05, 4.69) is 44.7 Å². The van der Waals surface area contributed by atoms with Crippen LogP contribution in [0.15, 0.2) is 49.1 Å². The first-order chi connectivity index (χ1) is 17.5. The van der Waals surface area contributed by atoms with Gasteiger partial charge >= 0.3 is 0 Å². The normalized spacial score (nSPS) is 19.2. The fraction of sp³-hybridized carbons (Fsp3) is 0.370. The van der Waals surface area contributed by atoms with Gasteiger partial charge in [-0.1, -0.05) is 13.8 Å². The number of pyridine rings is 3. The fourth-order valence-corrected chi connectivity index (χ4v) is 4.89. The lowest BCUT2D eigenvalue weighted by molar-refractivity contribution is 0.236. The van der Waals surface area contributed by atoms with Crippen molar-refractivity contribution in [2.24, 2.45) is 5.41 Å². The molecule has 6 rings (SSSR count). The zero-order valence-corrected chi connectivity index (χ0v) is 20.4. The summed E-state index contributed by atoms with van der Waals surface area (Å²) >= 11 is 0. The number of anilines is 3. The highest BCUT2D eigenvalue weighted by Gasteiger charge is 2.34. The Morgan fingerprint density at radius 2 is 1.81 bits per heavy atom. The minimum Gasteiger partial charge on any atom is -0.366 e. The van der Waals surface area contributed by atoms with E-state index >= 15 is 0 Å². The summed E-state index contributed by atoms with van der Waals surface area (Å²) in [4.78, 5) is 23.0. The number of piperidine rings is 1. The van der Waals surface area contributed by atoms with Crippen LogP contribution in [-0.4, -0.2) is 44.1 Å². The molecule has 0 spiro atoms. The molecule has 0 aromatic carbocycles. The van der Waals surface area contributed by atoms with E-state index in [1.54, 1.807) is 6.20 Å². The highest BCUT2D eigenvalue weighted by molar-refractivity contribution is 5.93. The molecule has 8 nitrogen and oxygen atoms in total. The molecule has 1 atom stereocenters. The lowest BCUT2D eigenvalue weighted by Crippen LogP contribution is -2.49. The van der Waals surface area contributed by atoms with Gasteiger partial charge in [0.2, 0.25) is 0 Å². The summed E-state index contributed by atoms with van der Waals surface area (Å²) in [5, 5.41) is 11.4. The first kappa shape index (κ1) is 22.7. The Morgan fingerprint density at radius 1 is 1.00 bits per heavy atom. The second kappa shape index (κ2) is 9.05. The number of nitrogens with zero attached hydrogens (tertiary/aromatic N) is 5. The van der Waals surface area contributed by atoms with E-state index in [1.165, 1.54) is 36.7 Å². The molecule has 3 N–H and O–H groups in total. The van der Waals surface area contributed by atoms with Gasteiger partial charge in [0.15, 0.2) is 5.82 Å². The van der Waals surface area contributed by atoms with Crippen molar-refractivity contribution in [3.8, 4) is 11.4 Å². The Hall–Kier alpha value is -3.72. The average molecular weight is 485 g/mol. The molecule has 0 amide bonds. The zero-order valence-electron chi connectivity index (χ0n) is 20.4. The first-order valence-corrected chi connectivity index (χ1v) is 12.4. The van der Waals surface area contributed by atoms with Crippen LogP contribution >= 0.6 is 0 Å². The first-order valence-electron chi connectivity index (χ1n) is 12.4. The van der Waals surface area contributed by atoms with Gasteiger partial charge in [0.1, 0.15) is 23.3 Å². The van der Waals surface area contributed by atoms with E-state index in [0.717, 1.165) is 41.8 Å². The molecular formula is C27H29FN8. The molecule has 1 aliphatic carbocycles. The predicted octanol–water partition coefficient (Wildman–Crippen LogP) is 5.04. The highest BCUT2D eigenvalue weighted by Crippen LogP contribution is 2.44. The zero-order chi connectivity index (χ0) is 24.7. The third-order valence-corrected chi connectivity index (χ3v) is 7.09. The topological polar surface area (TPSA) is 101 Å². The minimum atomic E-state index is -0.364. The van der Waals surface area contributed by atoms with Crippen molar-refractivity contribution >= 4 is 28.4 Å². The van der Waals surface area contributed by atoms with E-state index in [4.69, 9.17) is 9.97 Å². The van der Waals surface area contributed by atoms with Crippen LogP contribution in [0.25, 0.3) is 22.3 Å². The number of rotatable bonds is 6. The molecule has 4 aromatic rings. The van der Waals surface area contributed by atoms with Crippen LogP contribution in [0.2, 0.25) is 0 Å². The van der Waals surface area contributed by atoms with Gasteiger partial charge in [-0.05, 0) is 60.9 Å². The molecular weight excluding hydrogens is 455 g/mol. The molecule has 5 heterocycles. The minimum absolute atomic E-state index is 0.0776. The van der Waals surface area contributed by atoms with E-state index in [1.807, 2.05) is 24.5 Å². The number of halogens is 1. The molecule has 36 heavy (non-hydrogen) atoms.